The zero-order valence-electron chi connectivity index (χ0n) is 6.22. The quantitative estimate of drug-likeness (QED) is 0.693. The maximum Gasteiger partial charge on any atom is 0.420 e. The highest BCUT2D eigenvalue weighted by Gasteiger charge is 2.41. The molecule has 1 aromatic rings. The maximum absolute atomic E-state index is 12.6. The average molecular weight is 195 g/mol. The van der Waals surface area contributed by atoms with E-state index in [0.717, 1.165) is 18.3 Å². The van der Waals surface area contributed by atoms with Crippen LogP contribution >= 0.6 is 0 Å². The van der Waals surface area contributed by atoms with Gasteiger partial charge in [0.2, 0.25) is 0 Å². The molecule has 0 bridgehead atoms. The highest BCUT2D eigenvalue weighted by atomic mass is 19.4. The zero-order chi connectivity index (χ0) is 10.1. The van der Waals surface area contributed by atoms with Gasteiger partial charge in [0.1, 0.15) is 11.5 Å². The normalized spacial score (nSPS) is 14.2. The topological polar surface area (TPSA) is 33.1 Å². The van der Waals surface area contributed by atoms with Crippen LogP contribution in [-0.4, -0.2) is 16.3 Å². The van der Waals surface area contributed by atoms with Crippen molar-refractivity contribution >= 4 is 0 Å². The minimum atomic E-state index is -4.89. The molecule has 72 valence electrons. The van der Waals surface area contributed by atoms with Crippen LogP contribution in [0.15, 0.2) is 18.3 Å². The van der Waals surface area contributed by atoms with E-state index in [1.165, 1.54) is 0 Å². The molecule has 0 spiro atoms. The van der Waals surface area contributed by atoms with Crippen molar-refractivity contribution in [1.29, 1.82) is 0 Å². The highest BCUT2D eigenvalue weighted by molar-refractivity contribution is 5.11. The molecule has 1 unspecified atom stereocenters. The number of aliphatic hydroxyl groups is 1. The van der Waals surface area contributed by atoms with Gasteiger partial charge in [-0.25, -0.2) is 4.39 Å². The fraction of sp³-hybridized carbons (Fsp3) is 0.286. The molecule has 0 radical (unpaired) electrons. The van der Waals surface area contributed by atoms with Gasteiger partial charge in [0.15, 0.2) is 6.10 Å². The van der Waals surface area contributed by atoms with Gasteiger partial charge in [-0.3, -0.25) is 4.98 Å². The highest BCUT2D eigenvalue weighted by Crippen LogP contribution is 2.32. The standard InChI is InChI=1S/C7H5F4NO/c8-4-2-1-3-12-5(4)6(13)7(9,10)11/h1-3,6,13H. The van der Waals surface area contributed by atoms with Crippen molar-refractivity contribution in [3.05, 3.63) is 29.8 Å². The number of halogens is 4. The van der Waals surface area contributed by atoms with E-state index in [4.69, 9.17) is 5.11 Å². The summed E-state index contributed by atoms with van der Waals surface area (Å²) in [5.41, 5.74) is -1.00. The lowest BCUT2D eigenvalue weighted by Crippen LogP contribution is -2.22. The van der Waals surface area contributed by atoms with Crippen LogP contribution in [-0.2, 0) is 0 Å². The Morgan fingerprint density at radius 2 is 2.00 bits per heavy atom. The predicted molar refractivity (Wildman–Crippen MR) is 35.2 cm³/mol. The van der Waals surface area contributed by atoms with E-state index in [0.29, 0.717) is 0 Å². The van der Waals surface area contributed by atoms with Crippen molar-refractivity contribution in [3.8, 4) is 0 Å². The van der Waals surface area contributed by atoms with Gasteiger partial charge >= 0.3 is 6.18 Å². The molecular formula is C7H5F4NO. The van der Waals surface area contributed by atoms with Gasteiger partial charge in [0, 0.05) is 6.20 Å². The summed E-state index contributed by atoms with van der Waals surface area (Å²) in [5, 5.41) is 8.61. The van der Waals surface area contributed by atoms with Gasteiger partial charge in [-0.15, -0.1) is 0 Å². The van der Waals surface area contributed by atoms with Crippen LogP contribution in [0.1, 0.15) is 11.8 Å². The average Bonchev–Trinajstić information content (AvgIpc) is 2.02. The summed E-state index contributed by atoms with van der Waals surface area (Å²) in [4.78, 5) is 3.10. The molecule has 1 N–H and O–H groups in total. The molecule has 1 aromatic heterocycles. The molecule has 0 aliphatic carbocycles. The van der Waals surface area contributed by atoms with Crippen LogP contribution in [0.4, 0.5) is 17.6 Å². The van der Waals surface area contributed by atoms with Crippen LogP contribution in [0.3, 0.4) is 0 Å². The molecule has 1 heterocycles. The summed E-state index contributed by atoms with van der Waals surface area (Å²) in [7, 11) is 0. The van der Waals surface area contributed by atoms with E-state index in [2.05, 4.69) is 4.98 Å². The minimum Gasteiger partial charge on any atom is -0.378 e. The summed E-state index contributed by atoms with van der Waals surface area (Å²) < 4.78 is 48.2. The molecule has 2 nitrogen and oxygen atoms in total. The Balaban J connectivity index is 3.02. The third-order valence-corrected chi connectivity index (χ3v) is 1.36. The minimum absolute atomic E-state index is 0.803. The zero-order valence-corrected chi connectivity index (χ0v) is 6.22. The van der Waals surface area contributed by atoms with Gasteiger partial charge < -0.3 is 5.11 Å². The Morgan fingerprint density at radius 3 is 2.46 bits per heavy atom. The smallest absolute Gasteiger partial charge is 0.378 e. The number of pyridine rings is 1. The van der Waals surface area contributed by atoms with E-state index < -0.39 is 23.8 Å². The number of rotatable bonds is 1. The Hall–Kier alpha value is -1.17. The third kappa shape index (κ3) is 2.15. The van der Waals surface area contributed by atoms with Gasteiger partial charge in [-0.2, -0.15) is 13.2 Å². The van der Waals surface area contributed by atoms with E-state index in [9.17, 15) is 17.6 Å². The fourth-order valence-corrected chi connectivity index (χ4v) is 0.754. The molecule has 0 aromatic carbocycles. The van der Waals surface area contributed by atoms with Gasteiger partial charge in [0.25, 0.3) is 0 Å². The predicted octanol–water partition coefficient (Wildman–Crippen LogP) is 1.82. The molecule has 13 heavy (non-hydrogen) atoms. The number of alkyl halides is 3. The van der Waals surface area contributed by atoms with Crippen molar-refractivity contribution in [2.45, 2.75) is 12.3 Å². The van der Waals surface area contributed by atoms with Crippen LogP contribution in [0.25, 0.3) is 0 Å². The Morgan fingerprint density at radius 1 is 1.38 bits per heavy atom. The number of hydrogen-bond acceptors (Lipinski definition) is 2. The molecule has 0 aliphatic heterocycles. The number of aromatic nitrogens is 1. The van der Waals surface area contributed by atoms with E-state index in [-0.39, 0.29) is 0 Å². The van der Waals surface area contributed by atoms with Crippen molar-refractivity contribution in [2.24, 2.45) is 0 Å². The van der Waals surface area contributed by atoms with Crippen LogP contribution in [0.5, 0.6) is 0 Å². The summed E-state index contributed by atoms with van der Waals surface area (Å²) in [5.74, 6) is -1.17. The fourth-order valence-electron chi connectivity index (χ4n) is 0.754. The largest absolute Gasteiger partial charge is 0.420 e. The van der Waals surface area contributed by atoms with Crippen LogP contribution < -0.4 is 0 Å². The SMILES string of the molecule is OC(c1ncccc1F)C(F)(F)F. The van der Waals surface area contributed by atoms with Crippen molar-refractivity contribution in [1.82, 2.24) is 4.98 Å². The van der Waals surface area contributed by atoms with Gasteiger partial charge in [-0.1, -0.05) is 0 Å². The molecular weight excluding hydrogens is 190 g/mol. The maximum atomic E-state index is 12.6. The molecule has 0 amide bonds. The van der Waals surface area contributed by atoms with Crippen molar-refractivity contribution < 1.29 is 22.7 Å². The second kappa shape index (κ2) is 3.29. The van der Waals surface area contributed by atoms with E-state index in [1.807, 2.05) is 0 Å². The lowest BCUT2D eigenvalue weighted by Gasteiger charge is -2.13. The second-order valence-corrected chi connectivity index (χ2v) is 2.31. The van der Waals surface area contributed by atoms with Gasteiger partial charge in [-0.05, 0) is 12.1 Å². The summed E-state index contributed by atoms with van der Waals surface area (Å²) >= 11 is 0. The molecule has 1 atom stereocenters. The molecule has 0 aliphatic rings. The summed E-state index contributed by atoms with van der Waals surface area (Å²) in [6, 6.07) is 1.94. The number of nitrogens with zero attached hydrogens (tertiary/aromatic N) is 1. The lowest BCUT2D eigenvalue weighted by atomic mass is 10.2. The number of hydrogen-bond donors (Lipinski definition) is 1. The first kappa shape index (κ1) is 9.91. The van der Waals surface area contributed by atoms with Crippen molar-refractivity contribution in [3.63, 3.8) is 0 Å². The van der Waals surface area contributed by atoms with E-state index in [1.54, 1.807) is 0 Å². The molecule has 6 heteroatoms. The molecule has 0 fully saturated rings. The first-order valence-corrected chi connectivity index (χ1v) is 3.28. The summed E-state index contributed by atoms with van der Waals surface area (Å²) in [6.07, 6.45) is -6.78. The molecule has 0 saturated heterocycles. The Bertz CT molecular complexity index is 299. The molecule has 1 rings (SSSR count). The second-order valence-electron chi connectivity index (χ2n) is 2.31. The lowest BCUT2D eigenvalue weighted by molar-refractivity contribution is -0.208. The number of aliphatic hydroxyl groups excluding tert-OH is 1. The Labute approximate surface area is 70.8 Å². The third-order valence-electron chi connectivity index (χ3n) is 1.36. The first-order chi connectivity index (χ1) is 5.93. The first-order valence-electron chi connectivity index (χ1n) is 3.28. The van der Waals surface area contributed by atoms with Crippen molar-refractivity contribution in [2.75, 3.05) is 0 Å². The van der Waals surface area contributed by atoms with Crippen LogP contribution in [0, 0.1) is 5.82 Å². The van der Waals surface area contributed by atoms with Gasteiger partial charge in [0.05, 0.1) is 0 Å². The van der Waals surface area contributed by atoms with Crippen LogP contribution in [0.2, 0.25) is 0 Å². The molecule has 0 saturated carbocycles. The van der Waals surface area contributed by atoms with E-state index >= 15 is 0 Å². The summed E-state index contributed by atoms with van der Waals surface area (Å²) in [6.45, 7) is 0. The monoisotopic (exact) mass is 195 g/mol. The Kier molecular flexibility index (Phi) is 2.51.